The molecule has 1 saturated heterocycles. The summed E-state index contributed by atoms with van der Waals surface area (Å²) in [7, 11) is 0. The second-order valence-electron chi connectivity index (χ2n) is 6.68. The first-order valence-electron chi connectivity index (χ1n) is 8.84. The fourth-order valence-electron chi connectivity index (χ4n) is 3.46. The molecule has 0 N–H and O–H groups in total. The molecule has 3 aromatic rings. The lowest BCUT2D eigenvalue weighted by molar-refractivity contribution is 0.211. The van der Waals surface area contributed by atoms with Gasteiger partial charge in [0.15, 0.2) is 0 Å². The number of pyridine rings is 1. The van der Waals surface area contributed by atoms with Gasteiger partial charge in [0, 0.05) is 42.7 Å². The molecule has 0 saturated carbocycles. The third kappa shape index (κ3) is 3.57. The zero-order chi connectivity index (χ0) is 17.9. The average molecular weight is 351 g/mol. The van der Waals surface area contributed by atoms with E-state index in [0.717, 1.165) is 48.6 Å². The topological polar surface area (TPSA) is 77.1 Å². The molecule has 134 valence electrons. The van der Waals surface area contributed by atoms with Crippen LogP contribution in [0.5, 0.6) is 0 Å². The molecule has 1 fully saturated rings. The van der Waals surface area contributed by atoms with Crippen LogP contribution in [0.1, 0.15) is 24.3 Å². The van der Waals surface area contributed by atoms with E-state index in [4.69, 9.17) is 4.52 Å². The highest BCUT2D eigenvalue weighted by Crippen LogP contribution is 2.21. The molecule has 1 aliphatic heterocycles. The Kier molecular flexibility index (Phi) is 4.62. The molecule has 7 heteroatoms. The first-order chi connectivity index (χ1) is 12.7. The Labute approximate surface area is 151 Å². The molecule has 0 radical (unpaired) electrons. The van der Waals surface area contributed by atoms with Gasteiger partial charge in [-0.2, -0.15) is 5.10 Å². The first kappa shape index (κ1) is 16.7. The van der Waals surface area contributed by atoms with Crippen LogP contribution in [0.4, 0.5) is 0 Å². The summed E-state index contributed by atoms with van der Waals surface area (Å²) in [6.07, 6.45) is 5.63. The van der Waals surface area contributed by atoms with Crippen LogP contribution in [0.15, 0.2) is 52.0 Å². The largest absolute Gasteiger partial charge is 0.361 e. The molecule has 7 nitrogen and oxygen atoms in total. The molecule has 0 amide bonds. The minimum Gasteiger partial charge on any atom is -0.361 e. The Balaban J connectivity index is 1.53. The maximum absolute atomic E-state index is 12.3. The van der Waals surface area contributed by atoms with E-state index in [2.05, 4.69) is 20.1 Å². The van der Waals surface area contributed by atoms with Gasteiger partial charge in [0.2, 0.25) is 0 Å². The summed E-state index contributed by atoms with van der Waals surface area (Å²) in [6, 6.07) is 9.37. The second kappa shape index (κ2) is 7.21. The summed E-state index contributed by atoms with van der Waals surface area (Å²) in [4.78, 5) is 18.8. The lowest BCUT2D eigenvalue weighted by atomic mass is 10.2. The highest BCUT2D eigenvalue weighted by atomic mass is 16.5. The van der Waals surface area contributed by atoms with Crippen molar-refractivity contribution in [3.05, 3.63) is 64.5 Å². The molecule has 4 heterocycles. The van der Waals surface area contributed by atoms with Gasteiger partial charge in [-0.25, -0.2) is 4.68 Å². The molecule has 1 atom stereocenters. The number of aryl methyl sites for hydroxylation is 1. The lowest BCUT2D eigenvalue weighted by Gasteiger charge is -2.23. The summed E-state index contributed by atoms with van der Waals surface area (Å²) in [5.74, 6) is 0.817. The van der Waals surface area contributed by atoms with Crippen LogP contribution >= 0.6 is 0 Å². The monoisotopic (exact) mass is 351 g/mol. The average Bonchev–Trinajstić information content (AvgIpc) is 3.27. The van der Waals surface area contributed by atoms with Crippen LogP contribution in [0, 0.1) is 6.92 Å². The van der Waals surface area contributed by atoms with Crippen molar-refractivity contribution in [2.75, 3.05) is 6.54 Å². The summed E-state index contributed by atoms with van der Waals surface area (Å²) in [5.41, 5.74) is 2.51. The summed E-state index contributed by atoms with van der Waals surface area (Å²) in [5, 5.41) is 8.64. The number of rotatable bonds is 5. The van der Waals surface area contributed by atoms with Crippen molar-refractivity contribution in [2.24, 2.45) is 0 Å². The van der Waals surface area contributed by atoms with E-state index in [1.807, 2.05) is 25.1 Å². The predicted molar refractivity (Wildman–Crippen MR) is 96.4 cm³/mol. The molecule has 26 heavy (non-hydrogen) atoms. The van der Waals surface area contributed by atoms with Gasteiger partial charge >= 0.3 is 0 Å². The van der Waals surface area contributed by atoms with E-state index in [9.17, 15) is 4.79 Å². The minimum atomic E-state index is -0.0817. The predicted octanol–water partition coefficient (Wildman–Crippen LogP) is 2.27. The van der Waals surface area contributed by atoms with Crippen LogP contribution in [-0.4, -0.2) is 37.4 Å². The van der Waals surface area contributed by atoms with Gasteiger partial charge in [0.25, 0.3) is 5.56 Å². The number of aromatic nitrogens is 4. The van der Waals surface area contributed by atoms with Gasteiger partial charge in [-0.15, -0.1) is 0 Å². The highest BCUT2D eigenvalue weighted by molar-refractivity contribution is 5.56. The quantitative estimate of drug-likeness (QED) is 0.702. The molecule has 1 unspecified atom stereocenters. The molecular weight excluding hydrogens is 330 g/mol. The van der Waals surface area contributed by atoms with Gasteiger partial charge < -0.3 is 4.52 Å². The number of likely N-dealkylation sites (tertiary alicyclic amines) is 1. The molecule has 0 aromatic carbocycles. The van der Waals surface area contributed by atoms with Gasteiger partial charge in [-0.05, 0) is 44.5 Å². The standard InChI is InChI=1S/C19H21N5O2/c1-14-10-16(22-26-14)12-23-9-3-5-17(23)13-24-19(25)7-6-18(21-24)15-4-2-8-20-11-15/h2,4,6-8,10-11,17H,3,5,9,12-13H2,1H3. The third-order valence-electron chi connectivity index (χ3n) is 4.75. The van der Waals surface area contributed by atoms with Crippen molar-refractivity contribution in [1.29, 1.82) is 0 Å². The van der Waals surface area contributed by atoms with E-state index in [0.29, 0.717) is 6.54 Å². The van der Waals surface area contributed by atoms with E-state index in [1.165, 1.54) is 0 Å². The van der Waals surface area contributed by atoms with Crippen LogP contribution in [0.2, 0.25) is 0 Å². The van der Waals surface area contributed by atoms with Crippen molar-refractivity contribution >= 4 is 0 Å². The van der Waals surface area contributed by atoms with Gasteiger partial charge in [0.1, 0.15) is 5.76 Å². The van der Waals surface area contributed by atoms with Crippen molar-refractivity contribution < 1.29 is 4.52 Å². The van der Waals surface area contributed by atoms with Gasteiger partial charge in [-0.1, -0.05) is 5.16 Å². The van der Waals surface area contributed by atoms with E-state index >= 15 is 0 Å². The SMILES string of the molecule is Cc1cc(CN2CCCC2Cn2nc(-c3cccnc3)ccc2=O)no1. The molecular formula is C19H21N5O2. The van der Waals surface area contributed by atoms with Crippen molar-refractivity contribution in [3.63, 3.8) is 0 Å². The maximum atomic E-state index is 12.3. The van der Waals surface area contributed by atoms with Crippen molar-refractivity contribution in [3.8, 4) is 11.3 Å². The molecule has 0 spiro atoms. The van der Waals surface area contributed by atoms with Crippen LogP contribution in [0.3, 0.4) is 0 Å². The van der Waals surface area contributed by atoms with Gasteiger partial charge in [-0.3, -0.25) is 14.7 Å². The van der Waals surface area contributed by atoms with E-state index in [-0.39, 0.29) is 11.6 Å². The molecule has 3 aromatic heterocycles. The normalized spacial score (nSPS) is 17.7. The Morgan fingerprint density at radius 1 is 1.31 bits per heavy atom. The molecule has 0 aliphatic carbocycles. The number of nitrogens with zero attached hydrogens (tertiary/aromatic N) is 5. The first-order valence-corrected chi connectivity index (χ1v) is 8.84. The second-order valence-corrected chi connectivity index (χ2v) is 6.68. The molecule has 1 aliphatic rings. The molecule has 0 bridgehead atoms. The number of hydrogen-bond donors (Lipinski definition) is 0. The van der Waals surface area contributed by atoms with Crippen LogP contribution in [0.25, 0.3) is 11.3 Å². The minimum absolute atomic E-state index is 0.0817. The van der Waals surface area contributed by atoms with E-state index < -0.39 is 0 Å². The Morgan fingerprint density at radius 2 is 2.23 bits per heavy atom. The third-order valence-corrected chi connectivity index (χ3v) is 4.75. The smallest absolute Gasteiger partial charge is 0.266 e. The molecule has 4 rings (SSSR count). The summed E-state index contributed by atoms with van der Waals surface area (Å²) >= 11 is 0. The number of hydrogen-bond acceptors (Lipinski definition) is 6. The van der Waals surface area contributed by atoms with Crippen molar-refractivity contribution in [1.82, 2.24) is 24.8 Å². The summed E-state index contributed by atoms with van der Waals surface area (Å²) in [6.45, 7) is 4.20. The zero-order valence-corrected chi connectivity index (χ0v) is 14.7. The van der Waals surface area contributed by atoms with Crippen LogP contribution < -0.4 is 5.56 Å². The fraction of sp³-hybridized carbons (Fsp3) is 0.368. The Bertz CT molecular complexity index is 934. The zero-order valence-electron chi connectivity index (χ0n) is 14.7. The highest BCUT2D eigenvalue weighted by Gasteiger charge is 2.26. The Morgan fingerprint density at radius 3 is 3.00 bits per heavy atom. The van der Waals surface area contributed by atoms with Crippen molar-refractivity contribution in [2.45, 2.75) is 38.9 Å². The maximum Gasteiger partial charge on any atom is 0.266 e. The van der Waals surface area contributed by atoms with Gasteiger partial charge in [0.05, 0.1) is 17.9 Å². The fourth-order valence-corrected chi connectivity index (χ4v) is 3.46. The van der Waals surface area contributed by atoms with E-state index in [1.54, 1.807) is 29.2 Å². The Hall–Kier alpha value is -2.80. The lowest BCUT2D eigenvalue weighted by Crippen LogP contribution is -2.36. The van der Waals surface area contributed by atoms with Crippen LogP contribution in [-0.2, 0) is 13.1 Å². The summed E-state index contributed by atoms with van der Waals surface area (Å²) < 4.78 is 6.73.